The van der Waals surface area contributed by atoms with Gasteiger partial charge in [0, 0.05) is 19.2 Å². The number of aliphatic hydroxyl groups excluding tert-OH is 1. The summed E-state index contributed by atoms with van der Waals surface area (Å²) in [5.41, 5.74) is -0.189. The lowest BCUT2D eigenvalue weighted by atomic mass is 10.2. The van der Waals surface area contributed by atoms with Crippen LogP contribution in [0.1, 0.15) is 20.3 Å². The molecule has 0 radical (unpaired) electrons. The van der Waals surface area contributed by atoms with Crippen molar-refractivity contribution in [2.24, 2.45) is 0 Å². The molecule has 1 N–H and O–H groups in total. The van der Waals surface area contributed by atoms with Gasteiger partial charge in [0.2, 0.25) is 11.1 Å². The van der Waals surface area contributed by atoms with Crippen LogP contribution in [0.25, 0.3) is 0 Å². The molecule has 0 atom stereocenters. The molecule has 100 valence electrons. The fraction of sp³-hybridized carbons (Fsp3) is 0.600. The zero-order chi connectivity index (χ0) is 13.7. The second-order valence-corrected chi connectivity index (χ2v) is 4.31. The third-order valence-electron chi connectivity index (χ3n) is 2.37. The molecule has 0 amide bonds. The van der Waals surface area contributed by atoms with Gasteiger partial charge in [0.15, 0.2) is 0 Å². The average Bonchev–Trinajstić information content (AvgIpc) is 2.28. The van der Waals surface area contributed by atoms with Crippen LogP contribution in [-0.2, 0) is 0 Å². The van der Waals surface area contributed by atoms with Gasteiger partial charge in [-0.3, -0.25) is 10.1 Å². The number of nitrogens with zero attached hydrogens (tertiary/aromatic N) is 4. The number of aliphatic hydroxyl groups is 1. The van der Waals surface area contributed by atoms with Crippen molar-refractivity contribution >= 4 is 23.1 Å². The molecule has 0 saturated heterocycles. The number of halogens is 1. The highest BCUT2D eigenvalue weighted by molar-refractivity contribution is 6.28. The molecular weight excluding hydrogens is 260 g/mol. The summed E-state index contributed by atoms with van der Waals surface area (Å²) in [7, 11) is 0. The van der Waals surface area contributed by atoms with Crippen molar-refractivity contribution in [2.75, 3.05) is 18.1 Å². The van der Waals surface area contributed by atoms with E-state index in [1.165, 1.54) is 0 Å². The second-order valence-electron chi connectivity index (χ2n) is 3.97. The summed E-state index contributed by atoms with van der Waals surface area (Å²) in [6.07, 6.45) is 1.59. The molecule has 1 aromatic heterocycles. The van der Waals surface area contributed by atoms with Crippen LogP contribution in [0.3, 0.4) is 0 Å². The van der Waals surface area contributed by atoms with E-state index in [1.54, 1.807) is 4.90 Å². The Kier molecular flexibility index (Phi) is 5.24. The van der Waals surface area contributed by atoms with E-state index in [4.69, 9.17) is 16.7 Å². The second kappa shape index (κ2) is 6.46. The number of rotatable bonds is 6. The van der Waals surface area contributed by atoms with Gasteiger partial charge >= 0.3 is 5.69 Å². The van der Waals surface area contributed by atoms with Crippen molar-refractivity contribution in [3.05, 3.63) is 21.6 Å². The highest BCUT2D eigenvalue weighted by atomic mass is 35.5. The highest BCUT2D eigenvalue weighted by Gasteiger charge is 2.24. The predicted molar refractivity (Wildman–Crippen MR) is 67.9 cm³/mol. The van der Waals surface area contributed by atoms with Gasteiger partial charge in [-0.2, -0.15) is 4.98 Å². The minimum absolute atomic E-state index is 0.00113. The topological polar surface area (TPSA) is 92.4 Å². The molecule has 0 spiro atoms. The SMILES string of the molecule is CC(C)N(CCCO)c1nc(Cl)ncc1[N+](=O)[O-]. The first-order valence-corrected chi connectivity index (χ1v) is 5.89. The predicted octanol–water partition coefficient (Wildman–Crippen LogP) is 1.64. The third kappa shape index (κ3) is 3.51. The van der Waals surface area contributed by atoms with Crippen LogP contribution in [-0.4, -0.2) is 39.2 Å². The van der Waals surface area contributed by atoms with Crippen LogP contribution in [0.5, 0.6) is 0 Å². The molecule has 0 aliphatic rings. The first kappa shape index (κ1) is 14.6. The Labute approximate surface area is 110 Å². The maximum Gasteiger partial charge on any atom is 0.329 e. The molecule has 0 aliphatic heterocycles. The number of hydrogen-bond acceptors (Lipinski definition) is 6. The molecule has 0 unspecified atom stereocenters. The largest absolute Gasteiger partial charge is 0.396 e. The van der Waals surface area contributed by atoms with Crippen LogP contribution < -0.4 is 4.90 Å². The first-order valence-electron chi connectivity index (χ1n) is 5.51. The Bertz CT molecular complexity index is 428. The Morgan fingerprint density at radius 2 is 2.28 bits per heavy atom. The summed E-state index contributed by atoms with van der Waals surface area (Å²) in [5.74, 6) is 0.184. The summed E-state index contributed by atoms with van der Waals surface area (Å²) >= 11 is 5.68. The van der Waals surface area contributed by atoms with Gasteiger partial charge in [0.25, 0.3) is 0 Å². The van der Waals surface area contributed by atoms with Crippen molar-refractivity contribution < 1.29 is 10.0 Å². The van der Waals surface area contributed by atoms with Crippen LogP contribution in [0.2, 0.25) is 5.28 Å². The van der Waals surface area contributed by atoms with Gasteiger partial charge in [0.1, 0.15) is 6.20 Å². The maximum absolute atomic E-state index is 10.9. The van der Waals surface area contributed by atoms with Crippen LogP contribution in [0.4, 0.5) is 11.5 Å². The lowest BCUT2D eigenvalue weighted by Gasteiger charge is -2.27. The van der Waals surface area contributed by atoms with Crippen LogP contribution >= 0.6 is 11.6 Å². The molecule has 0 bridgehead atoms. The molecule has 0 aliphatic carbocycles. The number of anilines is 1. The van der Waals surface area contributed by atoms with Gasteiger partial charge in [-0.25, -0.2) is 4.98 Å². The van der Waals surface area contributed by atoms with Crippen molar-refractivity contribution in [3.63, 3.8) is 0 Å². The maximum atomic E-state index is 10.9. The Morgan fingerprint density at radius 1 is 1.61 bits per heavy atom. The van der Waals surface area contributed by atoms with E-state index in [2.05, 4.69) is 9.97 Å². The highest BCUT2D eigenvalue weighted by Crippen LogP contribution is 2.27. The van der Waals surface area contributed by atoms with Gasteiger partial charge < -0.3 is 10.0 Å². The lowest BCUT2D eigenvalue weighted by Crippen LogP contribution is -2.33. The molecule has 1 heterocycles. The minimum Gasteiger partial charge on any atom is -0.396 e. The Balaban J connectivity index is 3.16. The molecule has 18 heavy (non-hydrogen) atoms. The molecule has 1 aromatic rings. The van der Waals surface area contributed by atoms with E-state index < -0.39 is 4.92 Å². The number of hydrogen-bond donors (Lipinski definition) is 1. The van der Waals surface area contributed by atoms with Crippen molar-refractivity contribution in [2.45, 2.75) is 26.3 Å². The van der Waals surface area contributed by atoms with E-state index >= 15 is 0 Å². The van der Waals surface area contributed by atoms with Crippen molar-refractivity contribution in [1.82, 2.24) is 9.97 Å². The number of nitro groups is 1. The lowest BCUT2D eigenvalue weighted by molar-refractivity contribution is -0.384. The standard InChI is InChI=1S/C10H15ClN4O3/c1-7(2)14(4-3-5-16)9-8(15(17)18)6-12-10(11)13-9/h6-7,16H,3-5H2,1-2H3. The molecule has 8 heteroatoms. The van der Waals surface area contributed by atoms with E-state index in [-0.39, 0.29) is 29.4 Å². The molecular formula is C10H15ClN4O3. The number of aromatic nitrogens is 2. The quantitative estimate of drug-likeness (QED) is 0.481. The Morgan fingerprint density at radius 3 is 2.78 bits per heavy atom. The fourth-order valence-electron chi connectivity index (χ4n) is 1.54. The summed E-state index contributed by atoms with van der Waals surface area (Å²) in [6.45, 7) is 4.24. The Hall–Kier alpha value is -1.47. The normalized spacial score (nSPS) is 10.7. The van der Waals surface area contributed by atoms with Gasteiger partial charge in [-0.15, -0.1) is 0 Å². The summed E-state index contributed by atoms with van der Waals surface area (Å²) in [5, 5.41) is 19.8. The smallest absolute Gasteiger partial charge is 0.329 e. The third-order valence-corrected chi connectivity index (χ3v) is 2.55. The molecule has 0 saturated carbocycles. The molecule has 0 fully saturated rings. The monoisotopic (exact) mass is 274 g/mol. The van der Waals surface area contributed by atoms with Crippen molar-refractivity contribution in [1.29, 1.82) is 0 Å². The molecule has 7 nitrogen and oxygen atoms in total. The van der Waals surface area contributed by atoms with Crippen LogP contribution in [0.15, 0.2) is 6.20 Å². The summed E-state index contributed by atoms with van der Waals surface area (Å²) < 4.78 is 0. The summed E-state index contributed by atoms with van der Waals surface area (Å²) in [6, 6.07) is 0.00113. The van der Waals surface area contributed by atoms with E-state index in [0.29, 0.717) is 13.0 Å². The molecule has 1 rings (SSSR count). The minimum atomic E-state index is -0.542. The molecule has 0 aromatic carbocycles. The van der Waals surface area contributed by atoms with E-state index in [1.807, 2.05) is 13.8 Å². The van der Waals surface area contributed by atoms with Crippen LogP contribution in [0, 0.1) is 10.1 Å². The van der Waals surface area contributed by atoms with E-state index in [9.17, 15) is 10.1 Å². The zero-order valence-electron chi connectivity index (χ0n) is 10.2. The van der Waals surface area contributed by atoms with E-state index in [0.717, 1.165) is 6.20 Å². The first-order chi connectivity index (χ1) is 8.47. The average molecular weight is 275 g/mol. The summed E-state index contributed by atoms with van der Waals surface area (Å²) in [4.78, 5) is 19.7. The zero-order valence-corrected chi connectivity index (χ0v) is 11.0. The van der Waals surface area contributed by atoms with Gasteiger partial charge in [0.05, 0.1) is 4.92 Å². The van der Waals surface area contributed by atoms with Crippen molar-refractivity contribution in [3.8, 4) is 0 Å². The fourth-order valence-corrected chi connectivity index (χ4v) is 1.66. The van der Waals surface area contributed by atoms with Gasteiger partial charge in [-0.1, -0.05) is 0 Å². The van der Waals surface area contributed by atoms with Gasteiger partial charge in [-0.05, 0) is 31.9 Å².